The van der Waals surface area contributed by atoms with Gasteiger partial charge in [-0.15, -0.1) is 41.0 Å². The zero-order valence-corrected chi connectivity index (χ0v) is 30.3. The Balaban J connectivity index is 0.000000201. The molecule has 0 saturated carbocycles. The van der Waals surface area contributed by atoms with Crippen molar-refractivity contribution in [3.8, 4) is 33.6 Å². The Bertz CT molecular complexity index is 2390. The van der Waals surface area contributed by atoms with Gasteiger partial charge < -0.3 is 9.40 Å². The molecule has 0 atom stereocenters. The summed E-state index contributed by atoms with van der Waals surface area (Å²) in [6, 6.07) is 34.5. The van der Waals surface area contributed by atoms with Gasteiger partial charge >= 0.3 is 0 Å². The number of aryl methyl sites for hydroxylation is 6. The second-order valence-electron chi connectivity index (χ2n) is 12.4. The largest absolute Gasteiger partial charge is 0.506 e. The Kier molecular flexibility index (Phi) is 9.37. The van der Waals surface area contributed by atoms with Gasteiger partial charge in [-0.2, -0.15) is 0 Å². The predicted molar refractivity (Wildman–Crippen MR) is 193 cm³/mol. The number of nitrogens with zero attached hydrogens (tertiary/aromatic N) is 3. The Morgan fingerprint density at radius 1 is 0.604 bits per heavy atom. The molecular weight excluding hydrogens is 767 g/mol. The summed E-state index contributed by atoms with van der Waals surface area (Å²) in [6.07, 6.45) is 7.35. The van der Waals surface area contributed by atoms with E-state index in [9.17, 15) is 0 Å². The number of benzene rings is 4. The molecule has 0 aliphatic rings. The van der Waals surface area contributed by atoms with Gasteiger partial charge in [-0.05, 0) is 78.5 Å². The summed E-state index contributed by atoms with van der Waals surface area (Å²) >= 11 is 0. The Hall–Kier alpha value is -4.96. The van der Waals surface area contributed by atoms with Crippen molar-refractivity contribution in [1.82, 2.24) is 15.0 Å². The monoisotopic (exact) mass is 802 g/mol. The number of rotatable bonds is 3. The topological polar surface area (TPSA) is 51.8 Å². The van der Waals surface area contributed by atoms with Crippen molar-refractivity contribution >= 4 is 32.6 Å². The van der Waals surface area contributed by atoms with Gasteiger partial charge in [0.25, 0.3) is 0 Å². The van der Waals surface area contributed by atoms with Crippen molar-refractivity contribution in [3.63, 3.8) is 0 Å². The van der Waals surface area contributed by atoms with Gasteiger partial charge in [-0.1, -0.05) is 95.9 Å². The van der Waals surface area contributed by atoms with Crippen molar-refractivity contribution in [3.05, 3.63) is 149 Å². The van der Waals surface area contributed by atoms with Crippen LogP contribution in [0.2, 0.25) is 0 Å². The molecule has 0 spiro atoms. The van der Waals surface area contributed by atoms with Crippen LogP contribution in [-0.4, -0.2) is 15.0 Å². The van der Waals surface area contributed by atoms with E-state index in [-0.39, 0.29) is 20.1 Å². The number of hydrogen-bond donors (Lipinski definition) is 0. The normalized spacial score (nSPS) is 11.0. The van der Waals surface area contributed by atoms with Crippen LogP contribution in [0, 0.1) is 53.7 Å². The minimum atomic E-state index is 0. The average Bonchev–Trinajstić information content (AvgIpc) is 3.56. The van der Waals surface area contributed by atoms with Crippen molar-refractivity contribution in [2.24, 2.45) is 0 Å². The van der Waals surface area contributed by atoms with Crippen LogP contribution in [0.25, 0.3) is 66.3 Å². The SMILES string of the molecule is Cc1c[c-]c(-c2cc(C)c(C)cn2)cc1C.Cc1ccc2cc(-c3ccnc(-c4[c-]c5ccoc5c5ncc(C)cc45)c3)ccc2c1.[Ir]. The molecule has 8 rings (SSSR count). The summed E-state index contributed by atoms with van der Waals surface area (Å²) in [5, 5.41) is 4.40. The number of fused-ring (bicyclic) bond motifs is 4. The van der Waals surface area contributed by atoms with E-state index in [2.05, 4.69) is 123 Å². The number of aromatic nitrogens is 3. The van der Waals surface area contributed by atoms with E-state index >= 15 is 0 Å². The molecule has 8 aromatic rings. The molecule has 4 aromatic heterocycles. The number of furan rings is 1. The maximum absolute atomic E-state index is 5.69. The van der Waals surface area contributed by atoms with E-state index in [1.54, 1.807) is 6.26 Å². The van der Waals surface area contributed by atoms with Crippen LogP contribution in [0.3, 0.4) is 0 Å². The third-order valence-electron chi connectivity index (χ3n) is 8.85. The first kappa shape index (κ1) is 33.0. The molecule has 4 aromatic carbocycles. The van der Waals surface area contributed by atoms with Crippen molar-refractivity contribution in [2.45, 2.75) is 41.5 Å². The quantitative estimate of drug-likeness (QED) is 0.167. The van der Waals surface area contributed by atoms with Crippen molar-refractivity contribution in [2.75, 3.05) is 0 Å². The van der Waals surface area contributed by atoms with E-state index in [1.807, 2.05) is 37.6 Å². The standard InChI is InChI=1S/C28H19N2O.C15H16N.Ir/c1-17-3-4-20-13-21(6-5-19(20)11-17)22-7-9-29-26(15-22)24-14-23-8-10-31-28(23)27-25(24)12-18(2)16-30-27;1-10-5-6-14(7-11(10)2)15-8-12(3)13(4)9-16-15;/h3-13,15-16H,1-2H3;5,7-9H,1-4H3;/q2*-1;. The first-order chi connectivity index (χ1) is 22.7. The molecule has 239 valence electrons. The summed E-state index contributed by atoms with van der Waals surface area (Å²) in [6.45, 7) is 12.6. The van der Waals surface area contributed by atoms with Crippen LogP contribution in [0.1, 0.15) is 33.4 Å². The van der Waals surface area contributed by atoms with Crippen molar-refractivity contribution < 1.29 is 24.5 Å². The first-order valence-corrected chi connectivity index (χ1v) is 15.8. The molecule has 0 amide bonds. The number of pyridine rings is 3. The molecule has 0 fully saturated rings. The van der Waals surface area contributed by atoms with Gasteiger partial charge in [0.05, 0.1) is 5.58 Å². The fourth-order valence-corrected chi connectivity index (χ4v) is 5.82. The molecule has 0 saturated heterocycles. The average molecular weight is 802 g/mol. The summed E-state index contributed by atoms with van der Waals surface area (Å²) in [5.74, 6) is 0. The molecular formula is C43H35IrN3O-2. The van der Waals surface area contributed by atoms with Crippen LogP contribution >= 0.6 is 0 Å². The van der Waals surface area contributed by atoms with Gasteiger partial charge in [0.15, 0.2) is 0 Å². The van der Waals surface area contributed by atoms with Crippen LogP contribution in [-0.2, 0) is 20.1 Å². The van der Waals surface area contributed by atoms with Crippen molar-refractivity contribution in [1.29, 1.82) is 0 Å². The van der Waals surface area contributed by atoms with Gasteiger partial charge in [0.2, 0.25) is 0 Å². The molecule has 4 heterocycles. The minimum Gasteiger partial charge on any atom is -0.506 e. The second kappa shape index (κ2) is 13.6. The third-order valence-corrected chi connectivity index (χ3v) is 8.85. The number of hydrogen-bond acceptors (Lipinski definition) is 4. The smallest absolute Gasteiger partial charge is 0.0847 e. The Labute approximate surface area is 295 Å². The van der Waals surface area contributed by atoms with E-state index in [0.29, 0.717) is 0 Å². The van der Waals surface area contributed by atoms with Crippen LogP contribution in [0.4, 0.5) is 0 Å². The maximum atomic E-state index is 5.69. The van der Waals surface area contributed by atoms with Gasteiger partial charge in [0.1, 0.15) is 0 Å². The van der Waals surface area contributed by atoms with Gasteiger partial charge in [-0.3, -0.25) is 9.97 Å². The molecule has 0 aliphatic heterocycles. The molecule has 0 N–H and O–H groups in total. The van der Waals surface area contributed by atoms with Gasteiger partial charge in [0, 0.05) is 56.2 Å². The fraction of sp³-hybridized carbons (Fsp3) is 0.140. The molecule has 5 heteroatoms. The van der Waals surface area contributed by atoms with Crippen LogP contribution < -0.4 is 0 Å². The molecule has 0 aliphatic carbocycles. The zero-order valence-electron chi connectivity index (χ0n) is 27.9. The third kappa shape index (κ3) is 6.57. The fourth-order valence-electron chi connectivity index (χ4n) is 5.82. The Morgan fingerprint density at radius 2 is 1.38 bits per heavy atom. The van der Waals surface area contributed by atoms with Crippen LogP contribution in [0.5, 0.6) is 0 Å². The molecule has 0 bridgehead atoms. The summed E-state index contributed by atoms with van der Waals surface area (Å²) in [7, 11) is 0. The van der Waals surface area contributed by atoms with E-state index < -0.39 is 0 Å². The first-order valence-electron chi connectivity index (χ1n) is 15.8. The molecule has 0 unspecified atom stereocenters. The summed E-state index contributed by atoms with van der Waals surface area (Å²) in [5.41, 5.74) is 15.2. The minimum absolute atomic E-state index is 0. The van der Waals surface area contributed by atoms with E-state index in [0.717, 1.165) is 55.5 Å². The summed E-state index contributed by atoms with van der Waals surface area (Å²) in [4.78, 5) is 13.8. The van der Waals surface area contributed by atoms with E-state index in [4.69, 9.17) is 9.40 Å². The maximum Gasteiger partial charge on any atom is 0.0847 e. The Morgan fingerprint density at radius 3 is 2.19 bits per heavy atom. The van der Waals surface area contributed by atoms with E-state index in [1.165, 1.54) is 44.2 Å². The molecule has 48 heavy (non-hydrogen) atoms. The summed E-state index contributed by atoms with van der Waals surface area (Å²) < 4.78 is 5.69. The molecule has 4 nitrogen and oxygen atoms in total. The molecule has 1 radical (unpaired) electrons. The van der Waals surface area contributed by atoms with Gasteiger partial charge in [-0.25, -0.2) is 0 Å². The predicted octanol–water partition coefficient (Wildman–Crippen LogP) is 11.1. The second-order valence-corrected chi connectivity index (χ2v) is 12.4. The van der Waals surface area contributed by atoms with Crippen LogP contribution in [0.15, 0.2) is 108 Å². The zero-order chi connectivity index (χ0) is 32.7.